The standard InChI is InChI=1S/C30H41N3O7Si/c1-21(39-29(2,3)4)26-25(35)27(37-19-20-38-32(5)6)30(40-26,33-18-17-24(34)31-28(33)36)41(22-13-9-7-10-14-22)23-15-11-8-12-16-23/h7-18,21,25-27,35,41H,19-20H2,1-6H3,(H,31,34,36)/t21?,25-,26-,27-,30+/m1/s1. The summed E-state index contributed by atoms with van der Waals surface area (Å²) >= 11 is 0. The van der Waals surface area contributed by atoms with Crippen LogP contribution in [0.25, 0.3) is 0 Å². The third-order valence-electron chi connectivity index (χ3n) is 6.99. The zero-order valence-corrected chi connectivity index (χ0v) is 25.7. The molecule has 41 heavy (non-hydrogen) atoms. The van der Waals surface area contributed by atoms with Gasteiger partial charge in [-0.2, -0.15) is 5.06 Å². The molecule has 2 aromatic carbocycles. The van der Waals surface area contributed by atoms with Crippen LogP contribution in [0.5, 0.6) is 0 Å². The lowest BCUT2D eigenvalue weighted by Crippen LogP contribution is -2.69. The predicted octanol–water partition coefficient (Wildman–Crippen LogP) is 0.612. The van der Waals surface area contributed by atoms with Crippen molar-refractivity contribution in [1.82, 2.24) is 14.6 Å². The lowest BCUT2D eigenvalue weighted by Gasteiger charge is -2.42. The van der Waals surface area contributed by atoms with E-state index >= 15 is 0 Å². The SMILES string of the molecule is CC(OC(C)(C)C)[C@H]1O[C@](n2ccc(=O)[nH]c2=O)([SiH](c2ccccc2)c2ccccc2)[C@H](OCCON(C)C)[C@@H]1O. The number of hydroxylamine groups is 2. The normalized spacial score (nSPS) is 23.8. The summed E-state index contributed by atoms with van der Waals surface area (Å²) in [5.41, 5.74) is -1.71. The quantitative estimate of drug-likeness (QED) is 0.192. The van der Waals surface area contributed by atoms with Crippen LogP contribution in [-0.2, 0) is 24.4 Å². The van der Waals surface area contributed by atoms with E-state index < -0.39 is 55.4 Å². The third kappa shape index (κ3) is 6.95. The molecule has 0 amide bonds. The van der Waals surface area contributed by atoms with Crippen molar-refractivity contribution < 1.29 is 24.2 Å². The molecular weight excluding hydrogens is 542 g/mol. The summed E-state index contributed by atoms with van der Waals surface area (Å²) in [6.45, 7) is 7.98. The van der Waals surface area contributed by atoms with Gasteiger partial charge >= 0.3 is 5.69 Å². The maximum atomic E-state index is 13.6. The highest BCUT2D eigenvalue weighted by Crippen LogP contribution is 2.41. The van der Waals surface area contributed by atoms with E-state index in [1.165, 1.54) is 16.8 Å². The number of aromatic amines is 1. The van der Waals surface area contributed by atoms with Gasteiger partial charge in [0.05, 0.1) is 24.9 Å². The fourth-order valence-corrected chi connectivity index (χ4v) is 9.55. The summed E-state index contributed by atoms with van der Waals surface area (Å²) in [5, 5.41) is 14.0. The van der Waals surface area contributed by atoms with Gasteiger partial charge in [-0.1, -0.05) is 71.0 Å². The second-order valence-corrected chi connectivity index (χ2v) is 14.5. The van der Waals surface area contributed by atoms with E-state index in [2.05, 4.69) is 4.98 Å². The van der Waals surface area contributed by atoms with Crippen LogP contribution in [0.4, 0.5) is 0 Å². The van der Waals surface area contributed by atoms with Crippen LogP contribution in [0, 0.1) is 0 Å². The first kappa shape index (κ1) is 31.0. The summed E-state index contributed by atoms with van der Waals surface area (Å²) in [4.78, 5) is 33.8. The molecule has 4 rings (SSSR count). The van der Waals surface area contributed by atoms with Crippen LogP contribution in [-0.4, -0.2) is 85.8 Å². The number of hydrogen-bond donors (Lipinski definition) is 2. The molecule has 2 heterocycles. The Morgan fingerprint density at radius 2 is 1.61 bits per heavy atom. The lowest BCUT2D eigenvalue weighted by atomic mass is 10.0. The fraction of sp³-hybridized carbons (Fsp3) is 0.467. The van der Waals surface area contributed by atoms with Crippen LogP contribution in [0.15, 0.2) is 82.5 Å². The van der Waals surface area contributed by atoms with Crippen molar-refractivity contribution in [2.24, 2.45) is 0 Å². The molecule has 0 saturated carbocycles. The molecule has 222 valence electrons. The minimum Gasteiger partial charge on any atom is -0.387 e. The summed E-state index contributed by atoms with van der Waals surface area (Å²) < 4.78 is 21.1. The Morgan fingerprint density at radius 3 is 2.12 bits per heavy atom. The van der Waals surface area contributed by atoms with Crippen molar-refractivity contribution in [2.75, 3.05) is 27.3 Å². The first-order valence-corrected chi connectivity index (χ1v) is 15.5. The second-order valence-electron chi connectivity index (χ2n) is 11.4. The van der Waals surface area contributed by atoms with Gasteiger partial charge in [-0.3, -0.25) is 19.2 Å². The van der Waals surface area contributed by atoms with Gasteiger partial charge in [-0.05, 0) is 27.7 Å². The molecule has 0 aliphatic carbocycles. The van der Waals surface area contributed by atoms with E-state index in [0.717, 1.165) is 10.4 Å². The highest BCUT2D eigenvalue weighted by molar-refractivity contribution is 6.86. The molecule has 1 fully saturated rings. The largest absolute Gasteiger partial charge is 0.387 e. The summed E-state index contributed by atoms with van der Waals surface area (Å²) in [7, 11) is 0.859. The number of H-pyrrole nitrogens is 1. The van der Waals surface area contributed by atoms with E-state index in [4.69, 9.17) is 19.0 Å². The van der Waals surface area contributed by atoms with Crippen LogP contribution >= 0.6 is 0 Å². The van der Waals surface area contributed by atoms with Crippen LogP contribution in [0.3, 0.4) is 0 Å². The van der Waals surface area contributed by atoms with Crippen molar-refractivity contribution in [3.63, 3.8) is 0 Å². The highest BCUT2D eigenvalue weighted by atomic mass is 28.3. The molecule has 2 N–H and O–H groups in total. The molecule has 3 aromatic rings. The van der Waals surface area contributed by atoms with Gasteiger partial charge in [0.25, 0.3) is 5.56 Å². The number of nitrogens with zero attached hydrogens (tertiary/aromatic N) is 2. The van der Waals surface area contributed by atoms with E-state index in [9.17, 15) is 14.7 Å². The van der Waals surface area contributed by atoms with Gasteiger partial charge in [0, 0.05) is 26.4 Å². The van der Waals surface area contributed by atoms with Crippen LogP contribution < -0.4 is 21.6 Å². The molecule has 10 nitrogen and oxygen atoms in total. The van der Waals surface area contributed by atoms with Gasteiger partial charge in [0.1, 0.15) is 18.3 Å². The molecule has 5 atom stereocenters. The number of nitrogens with one attached hydrogen (secondary N) is 1. The van der Waals surface area contributed by atoms with Crippen LogP contribution in [0.1, 0.15) is 27.7 Å². The second kappa shape index (κ2) is 12.9. The molecule has 1 aromatic heterocycles. The smallest absolute Gasteiger partial charge is 0.330 e. The number of aromatic nitrogens is 2. The van der Waals surface area contributed by atoms with Crippen LogP contribution in [0.2, 0.25) is 0 Å². The average Bonchev–Trinajstić information content (AvgIpc) is 3.19. The van der Waals surface area contributed by atoms with Crippen molar-refractivity contribution in [3.05, 3.63) is 93.8 Å². The summed E-state index contributed by atoms with van der Waals surface area (Å²) in [6.07, 6.45) is -2.16. The first-order valence-electron chi connectivity index (χ1n) is 13.8. The Hall–Kier alpha value is -2.90. The minimum atomic E-state index is -2.68. The van der Waals surface area contributed by atoms with E-state index in [-0.39, 0.29) is 13.2 Å². The number of hydrogen-bond acceptors (Lipinski definition) is 8. The Kier molecular flexibility index (Phi) is 9.80. The van der Waals surface area contributed by atoms with Gasteiger partial charge < -0.3 is 19.3 Å². The van der Waals surface area contributed by atoms with Gasteiger partial charge in [0.15, 0.2) is 14.1 Å². The van der Waals surface area contributed by atoms with Crippen molar-refractivity contribution in [2.45, 2.75) is 63.1 Å². The highest BCUT2D eigenvalue weighted by Gasteiger charge is 2.63. The molecule has 1 saturated heterocycles. The summed E-state index contributed by atoms with van der Waals surface area (Å²) in [5.74, 6) is 0. The average molecular weight is 584 g/mol. The number of rotatable bonds is 11. The topological polar surface area (TPSA) is 115 Å². The van der Waals surface area contributed by atoms with E-state index in [1.54, 1.807) is 19.2 Å². The number of ether oxygens (including phenoxy) is 3. The lowest BCUT2D eigenvalue weighted by molar-refractivity contribution is -0.165. The van der Waals surface area contributed by atoms with Gasteiger partial charge in [0.2, 0.25) is 0 Å². The molecule has 0 radical (unpaired) electrons. The molecule has 11 heteroatoms. The van der Waals surface area contributed by atoms with Gasteiger partial charge in [-0.25, -0.2) is 4.79 Å². The fourth-order valence-electron chi connectivity index (χ4n) is 5.60. The number of aliphatic hydroxyl groups is 1. The molecule has 1 aliphatic heterocycles. The van der Waals surface area contributed by atoms with E-state index in [0.29, 0.717) is 0 Å². The third-order valence-corrected chi connectivity index (χ3v) is 10.7. The zero-order chi connectivity index (χ0) is 29.8. The molecule has 1 unspecified atom stereocenters. The van der Waals surface area contributed by atoms with Crippen molar-refractivity contribution in [3.8, 4) is 0 Å². The maximum Gasteiger partial charge on any atom is 0.330 e. The summed E-state index contributed by atoms with van der Waals surface area (Å²) in [6, 6.07) is 20.9. The minimum absolute atomic E-state index is 0.120. The first-order chi connectivity index (χ1) is 19.4. The Morgan fingerprint density at radius 1 is 1.02 bits per heavy atom. The molecular formula is C30H41N3O7Si. The number of benzene rings is 2. The molecule has 0 spiro atoms. The van der Waals surface area contributed by atoms with E-state index in [1.807, 2.05) is 88.4 Å². The number of aliphatic hydroxyl groups excluding tert-OH is 1. The zero-order valence-electron chi connectivity index (χ0n) is 24.5. The Bertz CT molecular complexity index is 1340. The molecule has 1 aliphatic rings. The van der Waals surface area contributed by atoms with Crippen molar-refractivity contribution in [1.29, 1.82) is 0 Å². The maximum absolute atomic E-state index is 13.6. The van der Waals surface area contributed by atoms with Gasteiger partial charge in [-0.15, -0.1) is 0 Å². The predicted molar refractivity (Wildman–Crippen MR) is 159 cm³/mol. The Balaban J connectivity index is 1.98. The Labute approximate surface area is 242 Å². The molecule has 0 bridgehead atoms. The monoisotopic (exact) mass is 583 g/mol. The van der Waals surface area contributed by atoms with Crippen molar-refractivity contribution >= 4 is 19.2 Å².